The smallest absolute Gasteiger partial charge is 0.120 e. The van der Waals surface area contributed by atoms with Crippen molar-refractivity contribution in [2.75, 3.05) is 0 Å². The van der Waals surface area contributed by atoms with E-state index < -0.39 is 0 Å². The van der Waals surface area contributed by atoms with Crippen LogP contribution < -0.4 is 0 Å². The molecule has 70 valence electrons. The molecule has 0 aromatic heterocycles. The number of rotatable bonds is 4. The summed E-state index contributed by atoms with van der Waals surface area (Å²) in [5.41, 5.74) is 2.61. The summed E-state index contributed by atoms with van der Waals surface area (Å²) in [6.45, 7) is 4.24. The number of benzene rings is 1. The summed E-state index contributed by atoms with van der Waals surface area (Å²) in [4.78, 5) is 10.2. The van der Waals surface area contributed by atoms with Gasteiger partial charge in [0.05, 0.1) is 0 Å². The fourth-order valence-electron chi connectivity index (χ4n) is 1.38. The highest BCUT2D eigenvalue weighted by Gasteiger charge is 2.03. The molecule has 1 aromatic rings. The van der Waals surface area contributed by atoms with Gasteiger partial charge in [0.25, 0.3) is 0 Å². The van der Waals surface area contributed by atoms with Crippen molar-refractivity contribution in [2.24, 2.45) is 0 Å². The molecule has 1 atom stereocenters. The molecule has 0 radical (unpaired) electrons. The topological polar surface area (TPSA) is 17.1 Å². The maximum absolute atomic E-state index is 10.2. The van der Waals surface area contributed by atoms with Gasteiger partial charge in [0.2, 0.25) is 0 Å². The molecule has 0 bridgehead atoms. The summed E-state index contributed by atoms with van der Waals surface area (Å²) in [6.07, 6.45) is 2.60. The van der Waals surface area contributed by atoms with E-state index in [2.05, 4.69) is 38.1 Å². The average Bonchev–Trinajstić information content (AvgIpc) is 2.15. The highest BCUT2D eigenvalue weighted by Crippen LogP contribution is 2.19. The van der Waals surface area contributed by atoms with Gasteiger partial charge in [-0.3, -0.25) is 0 Å². The van der Waals surface area contributed by atoms with Gasteiger partial charge in [-0.05, 0) is 24.8 Å². The third-order valence-electron chi connectivity index (χ3n) is 2.36. The van der Waals surface area contributed by atoms with Crippen LogP contribution in [0, 0.1) is 6.92 Å². The molecule has 0 heterocycles. The van der Waals surface area contributed by atoms with Crippen molar-refractivity contribution in [1.29, 1.82) is 0 Å². The third-order valence-corrected chi connectivity index (χ3v) is 2.36. The van der Waals surface area contributed by atoms with Gasteiger partial charge in [0.15, 0.2) is 0 Å². The molecule has 0 aliphatic carbocycles. The fraction of sp³-hybridized carbons (Fsp3) is 0.417. The average molecular weight is 176 g/mol. The Hall–Kier alpha value is -1.11. The van der Waals surface area contributed by atoms with Crippen LogP contribution in [-0.4, -0.2) is 6.29 Å². The van der Waals surface area contributed by atoms with Crippen LogP contribution in [0.4, 0.5) is 0 Å². The Morgan fingerprint density at radius 3 is 2.46 bits per heavy atom. The fourth-order valence-corrected chi connectivity index (χ4v) is 1.38. The van der Waals surface area contributed by atoms with Crippen LogP contribution in [0.2, 0.25) is 0 Å². The molecule has 1 aromatic carbocycles. The van der Waals surface area contributed by atoms with Gasteiger partial charge in [-0.25, -0.2) is 0 Å². The first kappa shape index (κ1) is 9.97. The van der Waals surface area contributed by atoms with Gasteiger partial charge in [0, 0.05) is 6.42 Å². The first-order chi connectivity index (χ1) is 6.24. The van der Waals surface area contributed by atoms with E-state index in [0.29, 0.717) is 12.3 Å². The second kappa shape index (κ2) is 4.80. The first-order valence-corrected chi connectivity index (χ1v) is 4.74. The maximum atomic E-state index is 10.2. The highest BCUT2D eigenvalue weighted by molar-refractivity contribution is 5.49. The normalized spacial score (nSPS) is 12.5. The van der Waals surface area contributed by atoms with Crippen LogP contribution in [0.25, 0.3) is 0 Å². The van der Waals surface area contributed by atoms with Crippen molar-refractivity contribution in [3.05, 3.63) is 35.4 Å². The number of carbonyl (C=O) groups excluding carboxylic acids is 1. The molecule has 1 nitrogen and oxygen atoms in total. The second-order valence-electron chi connectivity index (χ2n) is 3.56. The predicted octanol–water partition coefficient (Wildman–Crippen LogP) is 3.08. The van der Waals surface area contributed by atoms with Crippen LogP contribution in [0.1, 0.15) is 36.8 Å². The zero-order chi connectivity index (χ0) is 9.68. The lowest BCUT2D eigenvalue weighted by atomic mass is 9.96. The van der Waals surface area contributed by atoms with Crippen LogP contribution in [0.15, 0.2) is 24.3 Å². The van der Waals surface area contributed by atoms with Gasteiger partial charge in [-0.1, -0.05) is 36.8 Å². The standard InChI is InChI=1S/C12H16O/c1-10-5-7-12(8-6-10)11(2)4-3-9-13/h5-9,11H,3-4H2,1-2H3. The summed E-state index contributed by atoms with van der Waals surface area (Å²) >= 11 is 0. The van der Waals surface area contributed by atoms with Gasteiger partial charge in [-0.2, -0.15) is 0 Å². The molecule has 13 heavy (non-hydrogen) atoms. The minimum Gasteiger partial charge on any atom is -0.303 e. The highest BCUT2D eigenvalue weighted by atomic mass is 16.1. The van der Waals surface area contributed by atoms with Crippen molar-refractivity contribution in [3.63, 3.8) is 0 Å². The molecule has 0 amide bonds. The quantitative estimate of drug-likeness (QED) is 0.644. The monoisotopic (exact) mass is 176 g/mol. The molecule has 1 rings (SSSR count). The van der Waals surface area contributed by atoms with E-state index in [1.807, 2.05) is 0 Å². The molecule has 0 N–H and O–H groups in total. The van der Waals surface area contributed by atoms with Crippen molar-refractivity contribution in [3.8, 4) is 0 Å². The van der Waals surface area contributed by atoms with Gasteiger partial charge >= 0.3 is 0 Å². The van der Waals surface area contributed by atoms with E-state index in [0.717, 1.165) is 12.7 Å². The minimum absolute atomic E-state index is 0.491. The van der Waals surface area contributed by atoms with Crippen molar-refractivity contribution in [1.82, 2.24) is 0 Å². The number of carbonyl (C=O) groups is 1. The van der Waals surface area contributed by atoms with Crippen molar-refractivity contribution >= 4 is 6.29 Å². The van der Waals surface area contributed by atoms with Crippen molar-refractivity contribution < 1.29 is 4.79 Å². The summed E-state index contributed by atoms with van der Waals surface area (Å²) in [7, 11) is 0. The molecular formula is C12H16O. The number of aldehydes is 1. The Morgan fingerprint density at radius 2 is 1.92 bits per heavy atom. The van der Waals surface area contributed by atoms with E-state index in [4.69, 9.17) is 0 Å². The Bertz CT molecular complexity index is 261. The number of hydrogen-bond donors (Lipinski definition) is 0. The Balaban J connectivity index is 2.60. The molecule has 0 saturated heterocycles. The van der Waals surface area contributed by atoms with E-state index in [-0.39, 0.29) is 0 Å². The molecule has 1 heteroatoms. The molecule has 0 saturated carbocycles. The number of aryl methyl sites for hydroxylation is 1. The van der Waals surface area contributed by atoms with Gasteiger partial charge in [-0.15, -0.1) is 0 Å². The third kappa shape index (κ3) is 3.02. The second-order valence-corrected chi connectivity index (χ2v) is 3.56. The van der Waals surface area contributed by atoms with Gasteiger partial charge in [0.1, 0.15) is 6.29 Å². The van der Waals surface area contributed by atoms with Crippen molar-refractivity contribution in [2.45, 2.75) is 32.6 Å². The molecule has 0 spiro atoms. The lowest BCUT2D eigenvalue weighted by molar-refractivity contribution is -0.108. The molecule has 0 fully saturated rings. The zero-order valence-corrected chi connectivity index (χ0v) is 8.29. The summed E-state index contributed by atoms with van der Waals surface area (Å²) in [5, 5.41) is 0. The SMILES string of the molecule is Cc1ccc(C(C)CCC=O)cc1. The van der Waals surface area contributed by atoms with Gasteiger partial charge < -0.3 is 4.79 Å². The minimum atomic E-state index is 0.491. The predicted molar refractivity (Wildman–Crippen MR) is 54.9 cm³/mol. The lowest BCUT2D eigenvalue weighted by Crippen LogP contribution is -1.93. The van der Waals surface area contributed by atoms with E-state index in [9.17, 15) is 4.79 Å². The maximum Gasteiger partial charge on any atom is 0.120 e. The summed E-state index contributed by atoms with van der Waals surface area (Å²) < 4.78 is 0. The van der Waals surface area contributed by atoms with Crippen LogP contribution in [0.3, 0.4) is 0 Å². The van der Waals surface area contributed by atoms with Crippen LogP contribution >= 0.6 is 0 Å². The van der Waals surface area contributed by atoms with Crippen LogP contribution in [-0.2, 0) is 4.79 Å². The first-order valence-electron chi connectivity index (χ1n) is 4.74. The molecule has 0 aliphatic heterocycles. The molecule has 0 aliphatic rings. The molecule has 1 unspecified atom stereocenters. The van der Waals surface area contributed by atoms with E-state index >= 15 is 0 Å². The van der Waals surface area contributed by atoms with E-state index in [1.54, 1.807) is 0 Å². The number of hydrogen-bond acceptors (Lipinski definition) is 1. The zero-order valence-electron chi connectivity index (χ0n) is 8.29. The Kier molecular flexibility index (Phi) is 3.69. The van der Waals surface area contributed by atoms with E-state index in [1.165, 1.54) is 11.1 Å². The van der Waals surface area contributed by atoms with Crippen LogP contribution in [0.5, 0.6) is 0 Å². The summed E-state index contributed by atoms with van der Waals surface area (Å²) in [6, 6.07) is 8.52. The molecular weight excluding hydrogens is 160 g/mol. The Labute approximate surface area is 79.8 Å². The Morgan fingerprint density at radius 1 is 1.31 bits per heavy atom. The largest absolute Gasteiger partial charge is 0.303 e. The summed E-state index contributed by atoms with van der Waals surface area (Å²) in [5.74, 6) is 0.491. The lowest BCUT2D eigenvalue weighted by Gasteiger charge is -2.09.